The van der Waals surface area contributed by atoms with Crippen LogP contribution in [0.3, 0.4) is 0 Å². The molecule has 0 spiro atoms. The Morgan fingerprint density at radius 2 is 2.38 bits per heavy atom. The van der Waals surface area contributed by atoms with Crippen LogP contribution in [0.15, 0.2) is 22.2 Å². The Morgan fingerprint density at radius 1 is 1.52 bits per heavy atom. The van der Waals surface area contributed by atoms with E-state index in [1.807, 2.05) is 0 Å². The summed E-state index contributed by atoms with van der Waals surface area (Å²) in [5, 5.41) is 3.29. The standard InChI is InChI=1S/C13H15N3O4S/c17-10-3-5-15-13-16(10)8(7-21-13)6-11(18)20-9-2-1-4-14-12(9)19/h3,5,8-9H,1-2,4,6-7H2,(H,14,19). The van der Waals surface area contributed by atoms with Gasteiger partial charge in [0.05, 0.1) is 12.5 Å². The highest BCUT2D eigenvalue weighted by Crippen LogP contribution is 2.31. The number of esters is 1. The lowest BCUT2D eigenvalue weighted by atomic mass is 10.1. The minimum Gasteiger partial charge on any atom is -0.452 e. The second kappa shape index (κ2) is 5.88. The lowest BCUT2D eigenvalue weighted by Gasteiger charge is -2.22. The van der Waals surface area contributed by atoms with Crippen molar-refractivity contribution >= 4 is 23.6 Å². The van der Waals surface area contributed by atoms with E-state index in [-0.39, 0.29) is 23.9 Å². The first-order chi connectivity index (χ1) is 10.1. The third-order valence-electron chi connectivity index (χ3n) is 3.53. The number of nitrogens with zero attached hydrogens (tertiary/aromatic N) is 2. The first-order valence-electron chi connectivity index (χ1n) is 6.82. The second-order valence-corrected chi connectivity index (χ2v) is 6.00. The summed E-state index contributed by atoms with van der Waals surface area (Å²) in [5.74, 6) is -0.0843. The van der Waals surface area contributed by atoms with E-state index >= 15 is 0 Å². The van der Waals surface area contributed by atoms with Gasteiger partial charge in [0, 0.05) is 24.6 Å². The normalized spacial score (nSPS) is 24.3. The van der Waals surface area contributed by atoms with Crippen LogP contribution in [-0.2, 0) is 14.3 Å². The van der Waals surface area contributed by atoms with Crippen molar-refractivity contribution in [3.8, 4) is 0 Å². The van der Waals surface area contributed by atoms with Crippen molar-refractivity contribution in [1.82, 2.24) is 14.9 Å². The molecule has 2 unspecified atom stereocenters. The molecular weight excluding hydrogens is 294 g/mol. The van der Waals surface area contributed by atoms with Gasteiger partial charge in [-0.05, 0) is 12.8 Å². The van der Waals surface area contributed by atoms with E-state index in [0.717, 1.165) is 6.42 Å². The lowest BCUT2D eigenvalue weighted by Crippen LogP contribution is -2.42. The second-order valence-electron chi connectivity index (χ2n) is 5.02. The molecule has 1 amide bonds. The van der Waals surface area contributed by atoms with Gasteiger partial charge in [-0.15, -0.1) is 0 Å². The monoisotopic (exact) mass is 309 g/mol. The fourth-order valence-electron chi connectivity index (χ4n) is 2.50. The van der Waals surface area contributed by atoms with Gasteiger partial charge in [0.1, 0.15) is 0 Å². The fourth-order valence-corrected chi connectivity index (χ4v) is 3.62. The summed E-state index contributed by atoms with van der Waals surface area (Å²) in [5.41, 5.74) is -0.168. The molecule has 1 aromatic heterocycles. The maximum Gasteiger partial charge on any atom is 0.308 e. The summed E-state index contributed by atoms with van der Waals surface area (Å²) >= 11 is 1.44. The number of aromatic nitrogens is 2. The van der Waals surface area contributed by atoms with Crippen molar-refractivity contribution in [1.29, 1.82) is 0 Å². The Hall–Kier alpha value is -1.83. The van der Waals surface area contributed by atoms with E-state index in [9.17, 15) is 14.4 Å². The van der Waals surface area contributed by atoms with Crippen LogP contribution in [0.2, 0.25) is 0 Å². The number of fused-ring (bicyclic) bond motifs is 1. The lowest BCUT2D eigenvalue weighted by molar-refractivity contribution is -0.158. The van der Waals surface area contributed by atoms with Gasteiger partial charge in [-0.2, -0.15) is 0 Å². The number of amides is 1. The Morgan fingerprint density at radius 3 is 3.19 bits per heavy atom. The molecule has 3 heterocycles. The van der Waals surface area contributed by atoms with Crippen molar-refractivity contribution < 1.29 is 14.3 Å². The highest BCUT2D eigenvalue weighted by atomic mass is 32.2. The van der Waals surface area contributed by atoms with Crippen LogP contribution in [0.5, 0.6) is 0 Å². The summed E-state index contributed by atoms with van der Waals surface area (Å²) in [6.45, 7) is 0.626. The highest BCUT2D eigenvalue weighted by molar-refractivity contribution is 7.99. The van der Waals surface area contributed by atoms with E-state index in [1.54, 1.807) is 0 Å². The van der Waals surface area contributed by atoms with Gasteiger partial charge in [-0.3, -0.25) is 19.0 Å². The molecule has 1 fully saturated rings. The number of ether oxygens (including phenoxy) is 1. The molecule has 112 valence electrons. The SMILES string of the molecule is O=C(CC1CSc2nccc(=O)n21)OC1CCCNC1=O. The van der Waals surface area contributed by atoms with Crippen LogP contribution in [0, 0.1) is 0 Å². The first-order valence-corrected chi connectivity index (χ1v) is 7.81. The molecule has 0 aliphatic carbocycles. The molecule has 0 aromatic carbocycles. The predicted octanol–water partition coefficient (Wildman–Crippen LogP) is 0.102. The molecule has 2 aliphatic rings. The molecule has 1 aromatic rings. The number of hydrogen-bond donors (Lipinski definition) is 1. The summed E-state index contributed by atoms with van der Waals surface area (Å²) in [6, 6.07) is 1.12. The summed E-state index contributed by atoms with van der Waals surface area (Å²) in [4.78, 5) is 39.5. The van der Waals surface area contributed by atoms with Gasteiger partial charge in [0.15, 0.2) is 11.3 Å². The molecule has 1 N–H and O–H groups in total. The highest BCUT2D eigenvalue weighted by Gasteiger charge is 2.30. The number of rotatable bonds is 3. The molecule has 2 aliphatic heterocycles. The molecule has 8 heteroatoms. The van der Waals surface area contributed by atoms with Gasteiger partial charge in [-0.1, -0.05) is 11.8 Å². The van der Waals surface area contributed by atoms with Crippen molar-refractivity contribution in [3.05, 3.63) is 22.6 Å². The summed E-state index contributed by atoms with van der Waals surface area (Å²) < 4.78 is 6.75. The number of nitrogens with one attached hydrogen (secondary N) is 1. The van der Waals surface area contributed by atoms with E-state index in [4.69, 9.17) is 4.74 Å². The molecule has 2 atom stereocenters. The Bertz CT molecular complexity index is 630. The fraction of sp³-hybridized carbons (Fsp3) is 0.538. The van der Waals surface area contributed by atoms with Crippen LogP contribution in [0.4, 0.5) is 0 Å². The zero-order chi connectivity index (χ0) is 14.8. The smallest absolute Gasteiger partial charge is 0.308 e. The average Bonchev–Trinajstić information content (AvgIpc) is 2.86. The number of carbonyl (C=O) groups excluding carboxylic acids is 2. The van der Waals surface area contributed by atoms with Crippen LogP contribution in [0.25, 0.3) is 0 Å². The molecule has 3 rings (SSSR count). The van der Waals surface area contributed by atoms with Crippen LogP contribution < -0.4 is 10.9 Å². The van der Waals surface area contributed by atoms with E-state index < -0.39 is 12.1 Å². The molecular formula is C13H15N3O4S. The number of carbonyl (C=O) groups is 2. The average molecular weight is 309 g/mol. The zero-order valence-corrected chi connectivity index (χ0v) is 12.1. The maximum atomic E-state index is 12.0. The molecule has 7 nitrogen and oxygen atoms in total. The Labute approximate surface area is 125 Å². The minimum absolute atomic E-state index is 0.0788. The van der Waals surface area contributed by atoms with Crippen LogP contribution >= 0.6 is 11.8 Å². The van der Waals surface area contributed by atoms with Crippen molar-refractivity contribution in [2.45, 2.75) is 36.6 Å². The van der Waals surface area contributed by atoms with E-state index in [0.29, 0.717) is 23.9 Å². The third kappa shape index (κ3) is 2.94. The number of hydrogen-bond acceptors (Lipinski definition) is 6. The van der Waals surface area contributed by atoms with Gasteiger partial charge < -0.3 is 10.1 Å². The minimum atomic E-state index is -0.703. The van der Waals surface area contributed by atoms with Gasteiger partial charge >= 0.3 is 5.97 Å². The van der Waals surface area contributed by atoms with E-state index in [1.165, 1.54) is 28.6 Å². The quantitative estimate of drug-likeness (QED) is 0.629. The molecule has 1 saturated heterocycles. The largest absolute Gasteiger partial charge is 0.452 e. The predicted molar refractivity (Wildman–Crippen MR) is 75.0 cm³/mol. The zero-order valence-electron chi connectivity index (χ0n) is 11.3. The van der Waals surface area contributed by atoms with E-state index in [2.05, 4.69) is 10.3 Å². The Kier molecular flexibility index (Phi) is 3.96. The van der Waals surface area contributed by atoms with Crippen molar-refractivity contribution in [3.63, 3.8) is 0 Å². The topological polar surface area (TPSA) is 90.3 Å². The molecule has 21 heavy (non-hydrogen) atoms. The number of thioether (sulfide) groups is 1. The maximum absolute atomic E-state index is 12.0. The van der Waals surface area contributed by atoms with Gasteiger partial charge in [0.2, 0.25) is 0 Å². The van der Waals surface area contributed by atoms with Crippen LogP contribution in [-0.4, -0.2) is 39.8 Å². The first kappa shape index (κ1) is 14.1. The van der Waals surface area contributed by atoms with Gasteiger partial charge in [-0.25, -0.2) is 4.98 Å². The van der Waals surface area contributed by atoms with Gasteiger partial charge in [0.25, 0.3) is 11.5 Å². The molecule has 0 bridgehead atoms. The number of piperidine rings is 1. The molecule has 0 radical (unpaired) electrons. The van der Waals surface area contributed by atoms with Crippen molar-refractivity contribution in [2.75, 3.05) is 12.3 Å². The molecule has 0 saturated carbocycles. The van der Waals surface area contributed by atoms with Crippen molar-refractivity contribution in [2.24, 2.45) is 0 Å². The third-order valence-corrected chi connectivity index (χ3v) is 4.64. The summed E-state index contributed by atoms with van der Waals surface area (Å²) in [7, 11) is 0. The summed E-state index contributed by atoms with van der Waals surface area (Å²) in [6.07, 6.45) is 2.19. The Balaban J connectivity index is 1.64. The van der Waals surface area contributed by atoms with Crippen LogP contribution in [0.1, 0.15) is 25.3 Å².